The van der Waals surface area contributed by atoms with Gasteiger partial charge in [0.2, 0.25) is 6.79 Å². The second-order valence-corrected chi connectivity index (χ2v) is 6.60. The zero-order valence-electron chi connectivity index (χ0n) is 16.1. The molecule has 1 aromatic carbocycles. The molecule has 0 spiro atoms. The summed E-state index contributed by atoms with van der Waals surface area (Å²) in [6.45, 7) is 4.37. The minimum atomic E-state index is -1.82. The monoisotopic (exact) mass is 415 g/mol. The molecule has 1 saturated heterocycles. The van der Waals surface area contributed by atoms with Crippen molar-refractivity contribution in [1.82, 2.24) is 14.8 Å². The van der Waals surface area contributed by atoms with Gasteiger partial charge < -0.3 is 24.6 Å². The number of piperazine rings is 1. The van der Waals surface area contributed by atoms with Crippen molar-refractivity contribution in [3.63, 3.8) is 0 Å². The van der Waals surface area contributed by atoms with Gasteiger partial charge in [-0.2, -0.15) is 0 Å². The SMILES string of the molecule is O=C(O)C(=O)O.O=C(c1ccncc1)N1CCN(Cc2ccc3c(c2)OCO3)CC1. The van der Waals surface area contributed by atoms with E-state index in [-0.39, 0.29) is 5.91 Å². The summed E-state index contributed by atoms with van der Waals surface area (Å²) in [5.74, 6) is -1.93. The molecule has 0 unspecified atom stereocenters. The molecule has 0 aliphatic carbocycles. The molecule has 0 radical (unpaired) electrons. The fourth-order valence-electron chi connectivity index (χ4n) is 3.08. The molecule has 1 aromatic heterocycles. The number of aromatic nitrogens is 1. The lowest BCUT2D eigenvalue weighted by Crippen LogP contribution is -2.48. The van der Waals surface area contributed by atoms with E-state index in [1.54, 1.807) is 24.5 Å². The van der Waals surface area contributed by atoms with E-state index in [9.17, 15) is 4.79 Å². The number of fused-ring (bicyclic) bond motifs is 1. The topological polar surface area (TPSA) is 129 Å². The van der Waals surface area contributed by atoms with Crippen LogP contribution in [0.2, 0.25) is 0 Å². The summed E-state index contributed by atoms with van der Waals surface area (Å²) in [4.78, 5) is 38.9. The van der Waals surface area contributed by atoms with Crippen LogP contribution in [0.15, 0.2) is 42.7 Å². The summed E-state index contributed by atoms with van der Waals surface area (Å²) in [5.41, 5.74) is 1.90. The average molecular weight is 415 g/mol. The van der Waals surface area contributed by atoms with Gasteiger partial charge in [-0.1, -0.05) is 6.07 Å². The lowest BCUT2D eigenvalue weighted by molar-refractivity contribution is -0.159. The predicted molar refractivity (Wildman–Crippen MR) is 103 cm³/mol. The highest BCUT2D eigenvalue weighted by Crippen LogP contribution is 2.32. The Labute approximate surface area is 172 Å². The summed E-state index contributed by atoms with van der Waals surface area (Å²) in [6, 6.07) is 9.60. The normalized spacial score (nSPS) is 15.1. The number of carboxylic acids is 2. The molecule has 0 saturated carbocycles. The minimum Gasteiger partial charge on any atom is -0.473 e. The molecule has 2 aliphatic heterocycles. The number of carbonyl (C=O) groups excluding carboxylic acids is 1. The van der Waals surface area contributed by atoms with E-state index in [4.69, 9.17) is 29.3 Å². The van der Waals surface area contributed by atoms with Crippen LogP contribution in [0, 0.1) is 0 Å². The van der Waals surface area contributed by atoms with Gasteiger partial charge in [0.15, 0.2) is 11.5 Å². The predicted octanol–water partition coefficient (Wildman–Crippen LogP) is 0.924. The third kappa shape index (κ3) is 5.45. The largest absolute Gasteiger partial charge is 0.473 e. The fraction of sp³-hybridized carbons (Fsp3) is 0.300. The van der Waals surface area contributed by atoms with Crippen molar-refractivity contribution >= 4 is 17.8 Å². The van der Waals surface area contributed by atoms with Crippen LogP contribution in [0.25, 0.3) is 0 Å². The molecule has 0 atom stereocenters. The van der Waals surface area contributed by atoms with E-state index in [1.165, 1.54) is 5.56 Å². The quantitative estimate of drug-likeness (QED) is 0.703. The van der Waals surface area contributed by atoms with Crippen molar-refractivity contribution in [2.75, 3.05) is 33.0 Å². The first-order chi connectivity index (χ1) is 14.4. The smallest absolute Gasteiger partial charge is 0.414 e. The number of pyridine rings is 1. The van der Waals surface area contributed by atoms with Gasteiger partial charge in [-0.3, -0.25) is 14.7 Å². The van der Waals surface area contributed by atoms with Crippen LogP contribution in [-0.4, -0.2) is 75.8 Å². The van der Waals surface area contributed by atoms with Crippen LogP contribution in [0.1, 0.15) is 15.9 Å². The Morgan fingerprint density at radius 1 is 0.900 bits per heavy atom. The number of nitrogens with zero attached hydrogens (tertiary/aromatic N) is 3. The van der Waals surface area contributed by atoms with E-state index in [0.29, 0.717) is 12.4 Å². The van der Waals surface area contributed by atoms with Crippen molar-refractivity contribution < 1.29 is 34.1 Å². The first kappa shape index (κ1) is 21.1. The van der Waals surface area contributed by atoms with E-state index in [1.807, 2.05) is 17.0 Å². The Kier molecular flexibility index (Phi) is 6.81. The molecule has 3 heterocycles. The molecule has 2 aliphatic rings. The number of benzene rings is 1. The molecule has 4 rings (SSSR count). The first-order valence-corrected chi connectivity index (χ1v) is 9.20. The molecular formula is C20H21N3O7. The molecule has 10 heteroatoms. The molecule has 0 bridgehead atoms. The third-order valence-corrected chi connectivity index (χ3v) is 4.61. The zero-order valence-corrected chi connectivity index (χ0v) is 16.1. The van der Waals surface area contributed by atoms with Crippen molar-refractivity contribution in [3.8, 4) is 11.5 Å². The van der Waals surface area contributed by atoms with Gasteiger partial charge in [0.05, 0.1) is 0 Å². The van der Waals surface area contributed by atoms with Crippen LogP contribution >= 0.6 is 0 Å². The molecule has 2 aromatic rings. The van der Waals surface area contributed by atoms with Gasteiger partial charge in [-0.05, 0) is 29.8 Å². The van der Waals surface area contributed by atoms with Crippen molar-refractivity contribution in [2.45, 2.75) is 6.54 Å². The van der Waals surface area contributed by atoms with E-state index in [2.05, 4.69) is 16.0 Å². The Balaban J connectivity index is 0.000000377. The van der Waals surface area contributed by atoms with Gasteiger partial charge in [0, 0.05) is 50.7 Å². The third-order valence-electron chi connectivity index (χ3n) is 4.61. The van der Waals surface area contributed by atoms with Crippen molar-refractivity contribution in [1.29, 1.82) is 0 Å². The van der Waals surface area contributed by atoms with Gasteiger partial charge in [-0.15, -0.1) is 0 Å². The van der Waals surface area contributed by atoms with Crippen molar-refractivity contribution in [2.24, 2.45) is 0 Å². The van der Waals surface area contributed by atoms with Crippen LogP contribution in [-0.2, 0) is 16.1 Å². The number of aliphatic carboxylic acids is 2. The molecule has 30 heavy (non-hydrogen) atoms. The Morgan fingerprint density at radius 2 is 1.53 bits per heavy atom. The summed E-state index contributed by atoms with van der Waals surface area (Å²) in [6.07, 6.45) is 3.31. The van der Waals surface area contributed by atoms with Crippen molar-refractivity contribution in [3.05, 3.63) is 53.9 Å². The van der Waals surface area contributed by atoms with Crippen LogP contribution in [0.3, 0.4) is 0 Å². The standard InChI is InChI=1S/C18H19N3O3.C2H2O4/c22-18(15-3-5-19-6-4-15)21-9-7-20(8-10-21)12-14-1-2-16-17(11-14)24-13-23-16;3-1(4)2(5)6/h1-6,11H,7-10,12-13H2;(H,3,4)(H,5,6). The zero-order chi connectivity index (χ0) is 21.5. The molecule has 1 fully saturated rings. The Morgan fingerprint density at radius 3 is 2.17 bits per heavy atom. The molecule has 158 valence electrons. The molecular weight excluding hydrogens is 394 g/mol. The summed E-state index contributed by atoms with van der Waals surface area (Å²) >= 11 is 0. The van der Waals surface area contributed by atoms with E-state index < -0.39 is 11.9 Å². The van der Waals surface area contributed by atoms with Crippen LogP contribution in [0.4, 0.5) is 0 Å². The highest BCUT2D eigenvalue weighted by molar-refractivity contribution is 6.27. The van der Waals surface area contributed by atoms with E-state index in [0.717, 1.165) is 44.2 Å². The Hall–Kier alpha value is -3.66. The number of hydrogen-bond donors (Lipinski definition) is 2. The Bertz CT molecular complexity index is 900. The highest BCUT2D eigenvalue weighted by Gasteiger charge is 2.22. The highest BCUT2D eigenvalue weighted by atomic mass is 16.7. The minimum absolute atomic E-state index is 0.0835. The number of carboxylic acid groups (broad SMARTS) is 2. The maximum atomic E-state index is 12.4. The molecule has 1 amide bonds. The van der Waals surface area contributed by atoms with Gasteiger partial charge in [-0.25, -0.2) is 9.59 Å². The lowest BCUT2D eigenvalue weighted by atomic mass is 10.1. The number of rotatable bonds is 3. The maximum Gasteiger partial charge on any atom is 0.414 e. The summed E-state index contributed by atoms with van der Waals surface area (Å²) < 4.78 is 10.8. The van der Waals surface area contributed by atoms with Crippen LogP contribution < -0.4 is 9.47 Å². The summed E-state index contributed by atoms with van der Waals surface area (Å²) in [5, 5.41) is 14.8. The van der Waals surface area contributed by atoms with Gasteiger partial charge >= 0.3 is 11.9 Å². The second-order valence-electron chi connectivity index (χ2n) is 6.60. The first-order valence-electron chi connectivity index (χ1n) is 9.20. The fourth-order valence-corrected chi connectivity index (χ4v) is 3.08. The number of ether oxygens (including phenoxy) is 2. The van der Waals surface area contributed by atoms with Gasteiger partial charge in [0.25, 0.3) is 5.91 Å². The number of hydrogen-bond acceptors (Lipinski definition) is 7. The second kappa shape index (κ2) is 9.70. The molecule has 2 N–H and O–H groups in total. The lowest BCUT2D eigenvalue weighted by Gasteiger charge is -2.34. The number of amides is 1. The number of carbonyl (C=O) groups is 3. The average Bonchev–Trinajstić information content (AvgIpc) is 3.23. The van der Waals surface area contributed by atoms with Gasteiger partial charge in [0.1, 0.15) is 0 Å². The summed E-state index contributed by atoms with van der Waals surface area (Å²) in [7, 11) is 0. The maximum absolute atomic E-state index is 12.4. The van der Waals surface area contributed by atoms with E-state index >= 15 is 0 Å². The van der Waals surface area contributed by atoms with Crippen LogP contribution in [0.5, 0.6) is 11.5 Å². The molecule has 10 nitrogen and oxygen atoms in total.